The summed E-state index contributed by atoms with van der Waals surface area (Å²) in [6, 6.07) is 13.2. The molecule has 3 aliphatic rings. The van der Waals surface area contributed by atoms with Crippen LogP contribution in [-0.4, -0.2) is 53.1 Å². The molecule has 4 aromatic carbocycles. The van der Waals surface area contributed by atoms with Gasteiger partial charge in [0, 0.05) is 58.5 Å². The second-order valence-electron chi connectivity index (χ2n) is 10.4. The Hall–Kier alpha value is -5.00. The highest BCUT2D eigenvalue weighted by molar-refractivity contribution is 5.68. The largest absolute Gasteiger partial charge is 0.508 e. The summed E-state index contributed by atoms with van der Waals surface area (Å²) in [7, 11) is 0. The van der Waals surface area contributed by atoms with Crippen LogP contribution in [0.4, 0.5) is 0 Å². The van der Waals surface area contributed by atoms with Crippen LogP contribution < -0.4 is 14.2 Å². The first kappa shape index (κ1) is 25.0. The van der Waals surface area contributed by atoms with Gasteiger partial charge in [0.2, 0.25) is 0 Å². The normalized spacial score (nSPS) is 25.5. The molecular formula is C30H24O11. The molecule has 2 bridgehead atoms. The maximum atomic E-state index is 11.9. The number of benzene rings is 4. The Labute approximate surface area is 231 Å². The average Bonchev–Trinajstić information content (AvgIpc) is 2.89. The van der Waals surface area contributed by atoms with Crippen LogP contribution in [0.25, 0.3) is 0 Å². The SMILES string of the molecule is Oc1ccc([C@@]23Oc4cc(O)cc(O)c4[C@@H](c4c(cc(O)c5c4O[C@H](c4cc(O)cc(O)c4)[C@H](O)C5)O2)[C@@H]3O)cc1. The summed E-state index contributed by atoms with van der Waals surface area (Å²) in [4.78, 5) is 0. The van der Waals surface area contributed by atoms with E-state index in [2.05, 4.69) is 0 Å². The second kappa shape index (κ2) is 8.50. The quantitative estimate of drug-likeness (QED) is 0.180. The molecule has 11 nitrogen and oxygen atoms in total. The van der Waals surface area contributed by atoms with Gasteiger partial charge >= 0.3 is 5.79 Å². The molecular weight excluding hydrogens is 536 g/mol. The molecule has 41 heavy (non-hydrogen) atoms. The average molecular weight is 561 g/mol. The smallest absolute Gasteiger partial charge is 0.305 e. The van der Waals surface area contributed by atoms with E-state index in [1.54, 1.807) is 0 Å². The fourth-order valence-electron chi connectivity index (χ4n) is 6.11. The Balaban J connectivity index is 1.47. The van der Waals surface area contributed by atoms with Gasteiger partial charge in [-0.1, -0.05) is 0 Å². The summed E-state index contributed by atoms with van der Waals surface area (Å²) in [6.07, 6.45) is -3.90. The van der Waals surface area contributed by atoms with Crippen LogP contribution >= 0.6 is 0 Å². The van der Waals surface area contributed by atoms with E-state index in [0.29, 0.717) is 5.56 Å². The molecule has 4 aromatic rings. The lowest BCUT2D eigenvalue weighted by Crippen LogP contribution is -2.57. The van der Waals surface area contributed by atoms with Gasteiger partial charge in [-0.2, -0.15) is 0 Å². The van der Waals surface area contributed by atoms with Gasteiger partial charge in [-0.05, 0) is 36.4 Å². The van der Waals surface area contributed by atoms with Crippen molar-refractivity contribution in [1.29, 1.82) is 0 Å². The Morgan fingerprint density at radius 2 is 1.29 bits per heavy atom. The van der Waals surface area contributed by atoms with Crippen molar-refractivity contribution in [2.75, 3.05) is 0 Å². The minimum absolute atomic E-state index is 0.0173. The molecule has 7 rings (SSSR count). The van der Waals surface area contributed by atoms with E-state index in [0.717, 1.165) is 12.1 Å². The number of rotatable bonds is 2. The number of phenols is 6. The first-order valence-electron chi connectivity index (χ1n) is 12.7. The van der Waals surface area contributed by atoms with Crippen LogP contribution in [0.2, 0.25) is 0 Å². The van der Waals surface area contributed by atoms with E-state index in [9.17, 15) is 40.9 Å². The molecule has 0 fully saturated rings. The Bertz CT molecular complexity index is 1700. The van der Waals surface area contributed by atoms with Crippen molar-refractivity contribution in [3.05, 3.63) is 88.5 Å². The van der Waals surface area contributed by atoms with Gasteiger partial charge in [0.25, 0.3) is 0 Å². The molecule has 5 atom stereocenters. The van der Waals surface area contributed by atoms with Gasteiger partial charge in [-0.25, -0.2) is 0 Å². The van der Waals surface area contributed by atoms with E-state index >= 15 is 0 Å². The van der Waals surface area contributed by atoms with Gasteiger partial charge in [0.15, 0.2) is 6.10 Å². The van der Waals surface area contributed by atoms with Gasteiger partial charge < -0.3 is 55.1 Å². The molecule has 0 saturated heterocycles. The maximum Gasteiger partial charge on any atom is 0.305 e. The molecule has 0 saturated carbocycles. The molecule has 11 heteroatoms. The van der Waals surface area contributed by atoms with Crippen LogP contribution in [0.5, 0.6) is 51.7 Å². The summed E-state index contributed by atoms with van der Waals surface area (Å²) in [5.74, 6) is -4.34. The molecule has 0 radical (unpaired) electrons. The third kappa shape index (κ3) is 3.59. The van der Waals surface area contributed by atoms with Crippen LogP contribution in [0, 0.1) is 0 Å². The number of fused-ring (bicyclic) bond motifs is 8. The number of phenolic OH excluding ortho intramolecular Hbond substituents is 6. The van der Waals surface area contributed by atoms with Crippen LogP contribution in [0.3, 0.4) is 0 Å². The van der Waals surface area contributed by atoms with Crippen molar-refractivity contribution >= 4 is 0 Å². The van der Waals surface area contributed by atoms with Gasteiger partial charge in [-0.3, -0.25) is 0 Å². The first-order chi connectivity index (χ1) is 19.6. The molecule has 0 aromatic heterocycles. The Kier molecular flexibility index (Phi) is 5.18. The van der Waals surface area contributed by atoms with E-state index < -0.39 is 30.0 Å². The lowest BCUT2D eigenvalue weighted by molar-refractivity contribution is -0.219. The lowest BCUT2D eigenvalue weighted by Gasteiger charge is -2.50. The topological polar surface area (TPSA) is 190 Å². The van der Waals surface area contributed by atoms with Gasteiger partial charge in [-0.15, -0.1) is 0 Å². The van der Waals surface area contributed by atoms with Gasteiger partial charge in [0.1, 0.15) is 57.8 Å². The van der Waals surface area contributed by atoms with Crippen molar-refractivity contribution in [1.82, 2.24) is 0 Å². The summed E-state index contributed by atoms with van der Waals surface area (Å²) in [5.41, 5.74) is 1.15. The maximum absolute atomic E-state index is 11.9. The van der Waals surface area contributed by atoms with Crippen molar-refractivity contribution < 1.29 is 55.1 Å². The molecule has 8 N–H and O–H groups in total. The number of aromatic hydroxyl groups is 6. The lowest BCUT2D eigenvalue weighted by atomic mass is 9.74. The third-order valence-corrected chi connectivity index (χ3v) is 7.85. The molecule has 0 unspecified atom stereocenters. The minimum Gasteiger partial charge on any atom is -0.508 e. The molecule has 3 aliphatic heterocycles. The Morgan fingerprint density at radius 1 is 0.659 bits per heavy atom. The fraction of sp³-hybridized carbons (Fsp3) is 0.200. The zero-order valence-corrected chi connectivity index (χ0v) is 21.1. The number of ether oxygens (including phenoxy) is 3. The van der Waals surface area contributed by atoms with Crippen molar-refractivity contribution in [2.45, 2.75) is 36.4 Å². The third-order valence-electron chi connectivity index (χ3n) is 7.85. The molecule has 0 spiro atoms. The summed E-state index contributed by atoms with van der Waals surface area (Å²) in [6.45, 7) is 0. The second-order valence-corrected chi connectivity index (χ2v) is 10.4. The first-order valence-corrected chi connectivity index (χ1v) is 12.7. The monoisotopic (exact) mass is 560 g/mol. The van der Waals surface area contributed by atoms with Crippen molar-refractivity contribution in [2.24, 2.45) is 0 Å². The molecule has 0 amide bonds. The number of hydrogen-bond donors (Lipinski definition) is 8. The minimum atomic E-state index is -1.93. The number of aliphatic hydroxyl groups excluding tert-OH is 2. The van der Waals surface area contributed by atoms with Crippen LogP contribution in [0.15, 0.2) is 60.7 Å². The summed E-state index contributed by atoms with van der Waals surface area (Å²) < 4.78 is 18.8. The van der Waals surface area contributed by atoms with E-state index in [1.807, 2.05) is 0 Å². The van der Waals surface area contributed by atoms with Crippen molar-refractivity contribution in [3.8, 4) is 51.7 Å². The molecule has 3 heterocycles. The van der Waals surface area contributed by atoms with E-state index in [4.69, 9.17) is 14.2 Å². The zero-order chi connectivity index (χ0) is 28.8. The highest BCUT2D eigenvalue weighted by Crippen LogP contribution is 2.62. The van der Waals surface area contributed by atoms with Crippen LogP contribution in [0.1, 0.15) is 39.8 Å². The number of hydrogen-bond acceptors (Lipinski definition) is 11. The predicted octanol–water partition coefficient (Wildman–Crippen LogP) is 3.09. The zero-order valence-electron chi connectivity index (χ0n) is 21.1. The summed E-state index contributed by atoms with van der Waals surface area (Å²) in [5, 5.41) is 85.0. The highest BCUT2D eigenvalue weighted by Gasteiger charge is 2.60. The molecule has 0 aliphatic carbocycles. The Morgan fingerprint density at radius 3 is 1.98 bits per heavy atom. The van der Waals surface area contributed by atoms with Crippen molar-refractivity contribution in [3.63, 3.8) is 0 Å². The number of aliphatic hydroxyl groups is 2. The summed E-state index contributed by atoms with van der Waals surface area (Å²) >= 11 is 0. The van der Waals surface area contributed by atoms with E-state index in [-0.39, 0.29) is 80.4 Å². The molecule has 210 valence electrons. The fourth-order valence-corrected chi connectivity index (χ4v) is 6.11. The predicted molar refractivity (Wildman–Crippen MR) is 140 cm³/mol. The van der Waals surface area contributed by atoms with E-state index in [1.165, 1.54) is 48.5 Å². The standard InChI is InChI=1S/C30H24O11/c31-14-3-1-13(2-4-14)30-29(38)26(24-20(36)8-17(34)9-22(24)40-30)25-23(41-30)11-19(35)18-10-21(37)27(39-28(18)25)12-5-15(32)7-16(33)6-12/h1-9,11,21,26-27,29,31-38H,10H2/t21-,26+,27-,29+,30-/m1/s1. The van der Waals surface area contributed by atoms with Crippen LogP contribution in [-0.2, 0) is 12.2 Å². The van der Waals surface area contributed by atoms with Gasteiger partial charge in [0.05, 0.1) is 12.0 Å². The highest BCUT2D eigenvalue weighted by atomic mass is 16.7.